The van der Waals surface area contributed by atoms with Gasteiger partial charge in [0.1, 0.15) is 11.2 Å². The lowest BCUT2D eigenvalue weighted by Gasteiger charge is -2.25. The molecular weight excluding hydrogens is 658 g/mol. The average molecular weight is 716 g/mol. The monoisotopic (exact) mass is 715 g/mol. The summed E-state index contributed by atoms with van der Waals surface area (Å²) in [6, 6.07) is 14.4. The number of nitro groups is 1. The lowest BCUT2D eigenvalue weighted by atomic mass is 9.89. The SMILES string of the molecule is C.CC(C)(C)OC(=O)NCC(C)(C)c1cc2cc(N)ccc2[nH]1.CC(C)(C)OC(=O)NCC(C)(C)c1cc2cc([N+](=O)[O-])ccc2[nH]1.N.O=CO. The summed E-state index contributed by atoms with van der Waals surface area (Å²) in [7, 11) is 0. The molecule has 0 bridgehead atoms. The number of nitro benzene ring substituents is 1. The summed E-state index contributed by atoms with van der Waals surface area (Å²) in [5, 5.41) is 25.2. The summed E-state index contributed by atoms with van der Waals surface area (Å²) in [5.41, 5.74) is 8.72. The quantitative estimate of drug-likeness (QED) is 0.0421. The summed E-state index contributed by atoms with van der Waals surface area (Å²) < 4.78 is 10.5. The van der Waals surface area contributed by atoms with Crippen LogP contribution in [0.2, 0.25) is 0 Å². The van der Waals surface area contributed by atoms with Crippen molar-refractivity contribution in [2.75, 3.05) is 18.8 Å². The number of fused-ring (bicyclic) bond motifs is 2. The fraction of sp³-hybridized carbons (Fsp3) is 0.472. The van der Waals surface area contributed by atoms with Crippen LogP contribution < -0.4 is 22.5 Å². The Balaban J connectivity index is 0.000000880. The zero-order valence-electron chi connectivity index (χ0n) is 30.6. The molecule has 10 N–H and O–H groups in total. The minimum absolute atomic E-state index is 0. The molecule has 51 heavy (non-hydrogen) atoms. The van der Waals surface area contributed by atoms with E-state index in [1.807, 2.05) is 79.7 Å². The lowest BCUT2D eigenvalue weighted by molar-refractivity contribution is -0.384. The minimum atomic E-state index is -0.547. The number of aromatic nitrogens is 2. The van der Waals surface area contributed by atoms with Crippen molar-refractivity contribution in [2.45, 2.75) is 98.7 Å². The number of hydrogen-bond donors (Lipinski definition) is 7. The van der Waals surface area contributed by atoms with E-state index in [0.717, 1.165) is 38.9 Å². The second-order valence-electron chi connectivity index (χ2n) is 14.8. The summed E-state index contributed by atoms with van der Waals surface area (Å²) >= 11 is 0. The number of nitrogens with two attached hydrogens (primary N) is 1. The molecule has 284 valence electrons. The number of alkyl carbamates (subject to hydrolysis) is 2. The van der Waals surface area contributed by atoms with Gasteiger partial charge < -0.3 is 47.1 Å². The third-order valence-corrected chi connectivity index (χ3v) is 7.07. The second-order valence-corrected chi connectivity index (χ2v) is 14.8. The van der Waals surface area contributed by atoms with E-state index >= 15 is 0 Å². The molecule has 0 fully saturated rings. The van der Waals surface area contributed by atoms with Crippen LogP contribution >= 0.6 is 0 Å². The predicted molar refractivity (Wildman–Crippen MR) is 203 cm³/mol. The normalized spacial score (nSPS) is 11.3. The van der Waals surface area contributed by atoms with Gasteiger partial charge in [-0.25, -0.2) is 9.59 Å². The smallest absolute Gasteiger partial charge is 0.407 e. The van der Waals surface area contributed by atoms with Crippen LogP contribution in [-0.2, 0) is 25.1 Å². The number of nitrogens with zero attached hydrogens (tertiary/aromatic N) is 1. The van der Waals surface area contributed by atoms with Crippen LogP contribution in [0.4, 0.5) is 21.0 Å². The van der Waals surface area contributed by atoms with E-state index < -0.39 is 28.3 Å². The molecule has 2 aromatic heterocycles. The molecule has 0 atom stereocenters. The van der Waals surface area contributed by atoms with Crippen LogP contribution in [0.15, 0.2) is 48.5 Å². The molecule has 0 saturated heterocycles. The van der Waals surface area contributed by atoms with Gasteiger partial charge in [0, 0.05) is 74.9 Å². The number of benzene rings is 2. The third kappa shape index (κ3) is 14.6. The van der Waals surface area contributed by atoms with E-state index in [1.54, 1.807) is 6.07 Å². The van der Waals surface area contributed by atoms with Crippen molar-refractivity contribution in [2.24, 2.45) is 0 Å². The number of anilines is 1. The maximum Gasteiger partial charge on any atom is 0.407 e. The van der Waals surface area contributed by atoms with Gasteiger partial charge in [0.25, 0.3) is 12.2 Å². The third-order valence-electron chi connectivity index (χ3n) is 7.07. The van der Waals surface area contributed by atoms with E-state index in [0.29, 0.717) is 13.1 Å². The summed E-state index contributed by atoms with van der Waals surface area (Å²) in [6.45, 7) is 19.7. The highest BCUT2D eigenvalue weighted by Gasteiger charge is 2.27. The van der Waals surface area contributed by atoms with Crippen molar-refractivity contribution in [1.82, 2.24) is 26.8 Å². The number of amides is 2. The molecule has 2 amide bonds. The van der Waals surface area contributed by atoms with Gasteiger partial charge in [0.15, 0.2) is 0 Å². The Labute approximate surface area is 299 Å². The van der Waals surface area contributed by atoms with Gasteiger partial charge in [-0.15, -0.1) is 0 Å². The number of H-pyrrole nitrogens is 2. The highest BCUT2D eigenvalue weighted by atomic mass is 16.6. The Morgan fingerprint density at radius 3 is 1.53 bits per heavy atom. The number of carboxylic acid groups (broad SMARTS) is 1. The average Bonchev–Trinajstić information content (AvgIpc) is 3.59. The molecule has 4 aromatic rings. The number of carbonyl (C=O) groups excluding carboxylic acids is 2. The standard InChI is InChI=1S/C17H23N3O4.C17H25N3O2.CH2O2.CH4.H3N/c1-16(2,3)24-15(21)18-10-17(4,5)14-9-11-8-12(20(22)23)6-7-13(11)19-14;1-16(2,3)22-15(21)19-10-17(4,5)14-9-11-8-12(18)6-7-13(11)20-14;2-1-3;;/h6-9,19H,10H2,1-5H3,(H,18,21);6-9,20H,10,18H2,1-5H3,(H,19,21);1H,(H,2,3);1H4;1H3. The van der Waals surface area contributed by atoms with Gasteiger partial charge in [-0.2, -0.15) is 0 Å². The summed E-state index contributed by atoms with van der Waals surface area (Å²) in [6.07, 6.45) is -0.872. The van der Waals surface area contributed by atoms with E-state index in [-0.39, 0.29) is 36.6 Å². The second kappa shape index (κ2) is 18.1. The molecule has 15 nitrogen and oxygen atoms in total. The van der Waals surface area contributed by atoms with Gasteiger partial charge in [-0.05, 0) is 77.9 Å². The Hall–Kier alpha value is -5.31. The Kier molecular flexibility index (Phi) is 16.2. The van der Waals surface area contributed by atoms with Crippen molar-refractivity contribution in [3.8, 4) is 0 Å². The molecule has 0 saturated carbocycles. The number of ether oxygens (including phenoxy) is 2. The Bertz CT molecular complexity index is 1760. The molecule has 15 heteroatoms. The fourth-order valence-corrected chi connectivity index (χ4v) is 4.52. The van der Waals surface area contributed by atoms with Crippen LogP contribution in [0.5, 0.6) is 0 Å². The van der Waals surface area contributed by atoms with Crippen LogP contribution in [0, 0.1) is 10.1 Å². The van der Waals surface area contributed by atoms with E-state index in [1.165, 1.54) is 12.1 Å². The largest absolute Gasteiger partial charge is 0.483 e. The molecule has 0 aliphatic rings. The number of carbonyl (C=O) groups is 3. The zero-order chi connectivity index (χ0) is 37.4. The van der Waals surface area contributed by atoms with Crippen LogP contribution in [-0.4, -0.2) is 62.9 Å². The van der Waals surface area contributed by atoms with Gasteiger partial charge in [-0.3, -0.25) is 14.9 Å². The first-order valence-electron chi connectivity index (χ1n) is 15.6. The molecule has 0 spiro atoms. The number of hydrogen-bond acceptors (Lipinski definition) is 9. The lowest BCUT2D eigenvalue weighted by Crippen LogP contribution is -2.39. The number of nitrogens with one attached hydrogen (secondary N) is 4. The molecule has 0 radical (unpaired) electrons. The number of nitrogen functional groups attached to an aromatic ring is 1. The van der Waals surface area contributed by atoms with E-state index in [9.17, 15) is 19.7 Å². The molecular formula is C36H57N7O8. The summed E-state index contributed by atoms with van der Waals surface area (Å²) in [4.78, 5) is 49.1. The topological polar surface area (TPSA) is 250 Å². The zero-order valence-corrected chi connectivity index (χ0v) is 30.6. The van der Waals surface area contributed by atoms with Crippen LogP contribution in [0.25, 0.3) is 21.8 Å². The van der Waals surface area contributed by atoms with Crippen molar-refractivity contribution in [1.29, 1.82) is 0 Å². The van der Waals surface area contributed by atoms with Crippen molar-refractivity contribution in [3.05, 3.63) is 70.0 Å². The highest BCUT2D eigenvalue weighted by Crippen LogP contribution is 2.29. The Morgan fingerprint density at radius 2 is 1.16 bits per heavy atom. The van der Waals surface area contributed by atoms with Gasteiger partial charge in [0.2, 0.25) is 0 Å². The number of non-ortho nitro benzene ring substituents is 1. The van der Waals surface area contributed by atoms with Crippen LogP contribution in [0.3, 0.4) is 0 Å². The van der Waals surface area contributed by atoms with E-state index in [2.05, 4.69) is 40.5 Å². The molecule has 0 unspecified atom stereocenters. The molecule has 0 aliphatic carbocycles. The van der Waals surface area contributed by atoms with Crippen molar-refractivity contribution >= 4 is 51.8 Å². The van der Waals surface area contributed by atoms with Crippen LogP contribution in [0.1, 0.15) is 88.1 Å². The molecule has 0 aliphatic heterocycles. The molecule has 2 heterocycles. The van der Waals surface area contributed by atoms with Gasteiger partial charge in [-0.1, -0.05) is 35.1 Å². The van der Waals surface area contributed by atoms with Gasteiger partial charge in [0.05, 0.1) is 4.92 Å². The highest BCUT2D eigenvalue weighted by molar-refractivity contribution is 5.84. The maximum absolute atomic E-state index is 11.8. The molecule has 4 rings (SSSR count). The van der Waals surface area contributed by atoms with Gasteiger partial charge >= 0.3 is 12.2 Å². The first kappa shape index (κ1) is 45.7. The predicted octanol–water partition coefficient (Wildman–Crippen LogP) is 7.93. The maximum atomic E-state index is 11.8. The van der Waals surface area contributed by atoms with E-state index in [4.69, 9.17) is 25.1 Å². The fourth-order valence-electron chi connectivity index (χ4n) is 4.52. The molecule has 2 aromatic carbocycles. The summed E-state index contributed by atoms with van der Waals surface area (Å²) in [5.74, 6) is 0. The number of aromatic amines is 2. The minimum Gasteiger partial charge on any atom is -0.483 e. The first-order valence-corrected chi connectivity index (χ1v) is 15.6. The number of rotatable bonds is 7. The first-order chi connectivity index (χ1) is 22.5. The van der Waals surface area contributed by atoms with Crippen molar-refractivity contribution < 1.29 is 33.9 Å². The Morgan fingerprint density at radius 1 is 0.784 bits per heavy atom. The van der Waals surface area contributed by atoms with Crippen molar-refractivity contribution in [3.63, 3.8) is 0 Å².